The Hall–Kier alpha value is -2.34. The molecule has 2 rings (SSSR count). The maximum atomic E-state index is 5.64. The van der Waals surface area contributed by atoms with Gasteiger partial charge in [0.2, 0.25) is 5.88 Å². The first kappa shape index (κ1) is 18.0. The molecule has 1 aromatic carbocycles. The van der Waals surface area contributed by atoms with Gasteiger partial charge >= 0.3 is 0 Å². The fourth-order valence-electron chi connectivity index (χ4n) is 2.24. The van der Waals surface area contributed by atoms with Crippen LogP contribution in [0, 0.1) is 0 Å². The lowest BCUT2D eigenvalue weighted by molar-refractivity contribution is 0.336. The second kappa shape index (κ2) is 9.72. The highest BCUT2D eigenvalue weighted by atomic mass is 32.1. The van der Waals surface area contributed by atoms with E-state index in [1.807, 2.05) is 31.2 Å². The Morgan fingerprint density at radius 3 is 2.75 bits per heavy atom. The van der Waals surface area contributed by atoms with Crippen LogP contribution in [0.2, 0.25) is 0 Å². The first-order valence-corrected chi connectivity index (χ1v) is 8.39. The van der Waals surface area contributed by atoms with Gasteiger partial charge in [-0.2, -0.15) is 0 Å². The number of nitrogens with zero attached hydrogens (tertiary/aromatic N) is 1. The first-order chi connectivity index (χ1) is 11.7. The van der Waals surface area contributed by atoms with Crippen molar-refractivity contribution in [3.05, 3.63) is 48.2 Å². The number of pyridine rings is 1. The molecule has 128 valence electrons. The Morgan fingerprint density at radius 2 is 2.04 bits per heavy atom. The summed E-state index contributed by atoms with van der Waals surface area (Å²) in [6.45, 7) is 3.46. The minimum atomic E-state index is 0.576. The van der Waals surface area contributed by atoms with E-state index in [4.69, 9.17) is 21.7 Å². The van der Waals surface area contributed by atoms with E-state index in [0.29, 0.717) is 17.6 Å². The molecule has 0 aliphatic carbocycles. The second-order valence-corrected chi connectivity index (χ2v) is 5.52. The molecule has 0 atom stereocenters. The van der Waals surface area contributed by atoms with Gasteiger partial charge in [0.25, 0.3) is 0 Å². The molecule has 0 unspecified atom stereocenters. The van der Waals surface area contributed by atoms with Gasteiger partial charge < -0.3 is 20.1 Å². The summed E-state index contributed by atoms with van der Waals surface area (Å²) in [5.41, 5.74) is 2.05. The molecule has 0 radical (unpaired) electrons. The Kier molecular flexibility index (Phi) is 7.29. The number of thiocarbonyl (C=S) groups is 1. The second-order valence-electron chi connectivity index (χ2n) is 5.11. The minimum absolute atomic E-state index is 0.576. The molecule has 0 bridgehead atoms. The van der Waals surface area contributed by atoms with Gasteiger partial charge in [0.05, 0.1) is 25.6 Å². The van der Waals surface area contributed by atoms with Crippen LogP contribution in [0.3, 0.4) is 0 Å². The Labute approximate surface area is 148 Å². The van der Waals surface area contributed by atoms with Crippen molar-refractivity contribution in [2.45, 2.75) is 19.8 Å². The summed E-state index contributed by atoms with van der Waals surface area (Å²) in [6, 6.07) is 11.8. The van der Waals surface area contributed by atoms with Crippen molar-refractivity contribution in [1.82, 2.24) is 10.3 Å². The van der Waals surface area contributed by atoms with Crippen molar-refractivity contribution in [3.63, 3.8) is 0 Å². The molecule has 24 heavy (non-hydrogen) atoms. The quantitative estimate of drug-likeness (QED) is 0.565. The number of rotatable bonds is 8. The standard InChI is InChI=1S/C18H23N3O2S/c1-3-23-16-9-5-4-7-14(16)8-6-12-19-18(24)21-15-10-11-17(22-2)20-13-15/h4-5,7,9-11,13H,3,6,8,12H2,1-2H3,(H2,19,21,24). The SMILES string of the molecule is CCOc1ccccc1CCCNC(=S)Nc1ccc(OC)nc1. The average molecular weight is 345 g/mol. The van der Waals surface area contributed by atoms with Crippen LogP contribution in [0.5, 0.6) is 11.6 Å². The van der Waals surface area contributed by atoms with Crippen LogP contribution in [0.15, 0.2) is 42.6 Å². The monoisotopic (exact) mass is 345 g/mol. The van der Waals surface area contributed by atoms with Crippen LogP contribution in [-0.2, 0) is 6.42 Å². The van der Waals surface area contributed by atoms with E-state index in [-0.39, 0.29) is 0 Å². The number of benzene rings is 1. The summed E-state index contributed by atoms with van der Waals surface area (Å²) in [5.74, 6) is 1.54. The zero-order valence-corrected chi connectivity index (χ0v) is 14.9. The van der Waals surface area contributed by atoms with Crippen molar-refractivity contribution < 1.29 is 9.47 Å². The normalized spacial score (nSPS) is 10.1. The van der Waals surface area contributed by atoms with Gasteiger partial charge in [-0.15, -0.1) is 0 Å². The van der Waals surface area contributed by atoms with Crippen LogP contribution < -0.4 is 20.1 Å². The molecule has 2 aromatic rings. The van der Waals surface area contributed by atoms with E-state index in [2.05, 4.69) is 21.7 Å². The number of hydrogen-bond donors (Lipinski definition) is 2. The summed E-state index contributed by atoms with van der Waals surface area (Å²) in [6.07, 6.45) is 3.59. The largest absolute Gasteiger partial charge is 0.494 e. The third-order valence-electron chi connectivity index (χ3n) is 3.38. The summed E-state index contributed by atoms with van der Waals surface area (Å²) in [4.78, 5) is 4.13. The van der Waals surface area contributed by atoms with Crippen LogP contribution in [0.1, 0.15) is 18.9 Å². The van der Waals surface area contributed by atoms with Crippen molar-refractivity contribution in [1.29, 1.82) is 0 Å². The molecule has 6 heteroatoms. The predicted octanol–water partition coefficient (Wildman–Crippen LogP) is 3.41. The Bertz CT molecular complexity index is 647. The molecule has 1 heterocycles. The number of aryl methyl sites for hydroxylation is 1. The van der Waals surface area contributed by atoms with Gasteiger partial charge in [-0.25, -0.2) is 4.98 Å². The lowest BCUT2D eigenvalue weighted by Crippen LogP contribution is -2.29. The van der Waals surface area contributed by atoms with E-state index in [9.17, 15) is 0 Å². The van der Waals surface area contributed by atoms with Gasteiger partial charge in [0.15, 0.2) is 5.11 Å². The molecule has 0 aliphatic heterocycles. The zero-order chi connectivity index (χ0) is 17.2. The highest BCUT2D eigenvalue weighted by Gasteiger charge is 2.03. The molecule has 2 N–H and O–H groups in total. The lowest BCUT2D eigenvalue weighted by Gasteiger charge is -2.12. The number of hydrogen-bond acceptors (Lipinski definition) is 4. The van der Waals surface area contributed by atoms with E-state index in [0.717, 1.165) is 30.8 Å². The topological polar surface area (TPSA) is 55.4 Å². The third-order valence-corrected chi connectivity index (χ3v) is 3.63. The molecule has 1 aromatic heterocycles. The van der Waals surface area contributed by atoms with Gasteiger partial charge in [-0.3, -0.25) is 0 Å². The van der Waals surface area contributed by atoms with E-state index >= 15 is 0 Å². The first-order valence-electron chi connectivity index (χ1n) is 7.98. The highest BCUT2D eigenvalue weighted by molar-refractivity contribution is 7.80. The fourth-order valence-corrected chi connectivity index (χ4v) is 2.46. The van der Waals surface area contributed by atoms with Gasteiger partial charge in [-0.1, -0.05) is 18.2 Å². The van der Waals surface area contributed by atoms with Gasteiger partial charge in [-0.05, 0) is 49.7 Å². The van der Waals surface area contributed by atoms with Crippen LogP contribution in [0.4, 0.5) is 5.69 Å². The van der Waals surface area contributed by atoms with E-state index in [1.165, 1.54) is 5.56 Å². The molecule has 0 amide bonds. The van der Waals surface area contributed by atoms with Crippen molar-refractivity contribution in [2.75, 3.05) is 25.6 Å². The van der Waals surface area contributed by atoms with Crippen LogP contribution in [0.25, 0.3) is 0 Å². The molecule has 5 nitrogen and oxygen atoms in total. The van der Waals surface area contributed by atoms with E-state index in [1.54, 1.807) is 19.4 Å². The number of methoxy groups -OCH3 is 1. The Morgan fingerprint density at radius 1 is 1.21 bits per heavy atom. The summed E-state index contributed by atoms with van der Waals surface area (Å²) in [5, 5.41) is 6.89. The predicted molar refractivity (Wildman–Crippen MR) is 101 cm³/mol. The number of anilines is 1. The van der Waals surface area contributed by atoms with Crippen LogP contribution in [-0.4, -0.2) is 30.4 Å². The van der Waals surface area contributed by atoms with Gasteiger partial charge in [0.1, 0.15) is 5.75 Å². The molecular weight excluding hydrogens is 322 g/mol. The number of nitrogens with one attached hydrogen (secondary N) is 2. The highest BCUT2D eigenvalue weighted by Crippen LogP contribution is 2.19. The molecular formula is C18H23N3O2S. The number of para-hydroxylation sites is 1. The number of ether oxygens (including phenoxy) is 2. The molecule has 0 aliphatic rings. The van der Waals surface area contributed by atoms with Crippen molar-refractivity contribution in [2.24, 2.45) is 0 Å². The smallest absolute Gasteiger partial charge is 0.213 e. The third kappa shape index (κ3) is 5.70. The molecule has 0 saturated carbocycles. The molecule has 0 spiro atoms. The van der Waals surface area contributed by atoms with Gasteiger partial charge in [0, 0.05) is 12.6 Å². The Balaban J connectivity index is 1.72. The summed E-state index contributed by atoms with van der Waals surface area (Å²) in [7, 11) is 1.59. The van der Waals surface area contributed by atoms with Crippen LogP contribution >= 0.6 is 12.2 Å². The number of aromatic nitrogens is 1. The summed E-state index contributed by atoms with van der Waals surface area (Å²) < 4.78 is 10.7. The van der Waals surface area contributed by atoms with Crippen molar-refractivity contribution in [3.8, 4) is 11.6 Å². The summed E-state index contributed by atoms with van der Waals surface area (Å²) >= 11 is 5.29. The maximum absolute atomic E-state index is 5.64. The lowest BCUT2D eigenvalue weighted by atomic mass is 10.1. The molecule has 0 saturated heterocycles. The van der Waals surface area contributed by atoms with E-state index < -0.39 is 0 Å². The molecule has 0 fully saturated rings. The maximum Gasteiger partial charge on any atom is 0.213 e. The minimum Gasteiger partial charge on any atom is -0.494 e. The average Bonchev–Trinajstić information content (AvgIpc) is 2.61. The van der Waals surface area contributed by atoms with Crippen molar-refractivity contribution >= 4 is 23.0 Å². The fraction of sp³-hybridized carbons (Fsp3) is 0.333. The zero-order valence-electron chi connectivity index (χ0n) is 14.0.